The molecule has 0 radical (unpaired) electrons. The third kappa shape index (κ3) is 2.25. The van der Waals surface area contributed by atoms with Gasteiger partial charge in [-0.05, 0) is 28.8 Å². The molecule has 0 saturated carbocycles. The Morgan fingerprint density at radius 1 is 0.789 bits per heavy atom. The van der Waals surface area contributed by atoms with Gasteiger partial charge >= 0.3 is 0 Å². The molecular weight excluding hydrogens is 232 g/mol. The Labute approximate surface area is 113 Å². The van der Waals surface area contributed by atoms with Crippen molar-refractivity contribution < 1.29 is 5.11 Å². The smallest absolute Gasteiger partial charge is 0.105 e. The second kappa shape index (κ2) is 4.87. The molecule has 1 N–H and O–H groups in total. The molecule has 1 atom stereocenters. The van der Waals surface area contributed by atoms with E-state index in [-0.39, 0.29) is 0 Å². The molecule has 3 rings (SSSR count). The van der Waals surface area contributed by atoms with Gasteiger partial charge in [-0.25, -0.2) is 0 Å². The highest BCUT2D eigenvalue weighted by molar-refractivity contribution is 5.86. The average Bonchev–Trinajstić information content (AvgIpc) is 2.47. The fourth-order valence-corrected chi connectivity index (χ4v) is 2.42. The maximum atomic E-state index is 10.6. The lowest BCUT2D eigenvalue weighted by Crippen LogP contribution is -2.00. The highest BCUT2D eigenvalue weighted by atomic mass is 16.3. The summed E-state index contributed by atoms with van der Waals surface area (Å²) in [7, 11) is 0. The number of fused-ring (bicyclic) bond motifs is 1. The van der Waals surface area contributed by atoms with Gasteiger partial charge < -0.3 is 5.11 Å². The molecule has 0 aliphatic carbocycles. The van der Waals surface area contributed by atoms with Crippen LogP contribution in [0.3, 0.4) is 0 Å². The molecule has 0 fully saturated rings. The SMILES string of the molecule is Cc1ccc(C(O)c2cccc3ccccc23)cc1. The second-order valence-corrected chi connectivity index (χ2v) is 4.88. The summed E-state index contributed by atoms with van der Waals surface area (Å²) >= 11 is 0. The van der Waals surface area contributed by atoms with E-state index in [1.54, 1.807) is 0 Å². The normalized spacial score (nSPS) is 12.5. The molecule has 0 bridgehead atoms. The zero-order valence-electron chi connectivity index (χ0n) is 10.9. The van der Waals surface area contributed by atoms with Crippen molar-refractivity contribution in [2.75, 3.05) is 0 Å². The fourth-order valence-electron chi connectivity index (χ4n) is 2.42. The van der Waals surface area contributed by atoms with Gasteiger partial charge in [0.25, 0.3) is 0 Å². The Morgan fingerprint density at radius 3 is 2.26 bits per heavy atom. The van der Waals surface area contributed by atoms with Crippen molar-refractivity contribution in [2.45, 2.75) is 13.0 Å². The molecule has 1 unspecified atom stereocenters. The molecule has 3 aromatic carbocycles. The zero-order chi connectivity index (χ0) is 13.2. The highest BCUT2D eigenvalue weighted by Gasteiger charge is 2.12. The predicted octanol–water partition coefficient (Wildman–Crippen LogP) is 4.23. The van der Waals surface area contributed by atoms with Gasteiger partial charge in [-0.1, -0.05) is 72.3 Å². The summed E-state index contributed by atoms with van der Waals surface area (Å²) in [6, 6.07) is 22.3. The molecule has 94 valence electrons. The molecule has 0 amide bonds. The summed E-state index contributed by atoms with van der Waals surface area (Å²) in [5.74, 6) is 0. The van der Waals surface area contributed by atoms with E-state index in [9.17, 15) is 5.11 Å². The van der Waals surface area contributed by atoms with Crippen molar-refractivity contribution in [3.8, 4) is 0 Å². The molecule has 0 spiro atoms. The maximum absolute atomic E-state index is 10.6. The van der Waals surface area contributed by atoms with Crippen molar-refractivity contribution >= 4 is 10.8 Å². The van der Waals surface area contributed by atoms with Crippen molar-refractivity contribution in [3.63, 3.8) is 0 Å². The van der Waals surface area contributed by atoms with Crippen LogP contribution in [-0.4, -0.2) is 5.11 Å². The first kappa shape index (κ1) is 11.9. The minimum absolute atomic E-state index is 0.577. The molecule has 1 heteroatoms. The first-order chi connectivity index (χ1) is 9.25. The van der Waals surface area contributed by atoms with Gasteiger partial charge in [0.2, 0.25) is 0 Å². The summed E-state index contributed by atoms with van der Waals surface area (Å²) in [6.07, 6.45) is -0.577. The third-order valence-electron chi connectivity index (χ3n) is 3.51. The standard InChI is InChI=1S/C18H16O/c1-13-9-11-15(12-10-13)18(19)17-8-4-6-14-5-2-3-7-16(14)17/h2-12,18-19H,1H3. The van der Waals surface area contributed by atoms with E-state index in [1.807, 2.05) is 55.5 Å². The lowest BCUT2D eigenvalue weighted by atomic mass is 9.95. The van der Waals surface area contributed by atoms with Gasteiger partial charge in [0.05, 0.1) is 0 Å². The van der Waals surface area contributed by atoms with Crippen LogP contribution >= 0.6 is 0 Å². The van der Waals surface area contributed by atoms with E-state index in [0.717, 1.165) is 21.9 Å². The van der Waals surface area contributed by atoms with Crippen molar-refractivity contribution in [1.82, 2.24) is 0 Å². The fraction of sp³-hybridized carbons (Fsp3) is 0.111. The number of rotatable bonds is 2. The Kier molecular flexibility index (Phi) is 3.06. The van der Waals surface area contributed by atoms with Crippen LogP contribution < -0.4 is 0 Å². The second-order valence-electron chi connectivity index (χ2n) is 4.88. The molecule has 1 nitrogen and oxygen atoms in total. The minimum Gasteiger partial charge on any atom is -0.384 e. The molecule has 3 aromatic rings. The lowest BCUT2D eigenvalue weighted by Gasteiger charge is -2.14. The van der Waals surface area contributed by atoms with Crippen LogP contribution in [0.4, 0.5) is 0 Å². The van der Waals surface area contributed by atoms with Crippen molar-refractivity contribution in [2.24, 2.45) is 0 Å². The van der Waals surface area contributed by atoms with Crippen molar-refractivity contribution in [1.29, 1.82) is 0 Å². The van der Waals surface area contributed by atoms with Crippen LogP contribution in [0.2, 0.25) is 0 Å². The number of hydrogen-bond donors (Lipinski definition) is 1. The van der Waals surface area contributed by atoms with E-state index >= 15 is 0 Å². The Bertz CT molecular complexity index is 693. The van der Waals surface area contributed by atoms with E-state index in [2.05, 4.69) is 18.2 Å². The molecule has 0 aliphatic rings. The van der Waals surface area contributed by atoms with E-state index in [0.29, 0.717) is 0 Å². The van der Waals surface area contributed by atoms with Gasteiger partial charge in [-0.3, -0.25) is 0 Å². The predicted molar refractivity (Wildman–Crippen MR) is 79.2 cm³/mol. The molecule has 0 aromatic heterocycles. The molecule has 0 heterocycles. The summed E-state index contributed by atoms with van der Waals surface area (Å²) < 4.78 is 0. The van der Waals surface area contributed by atoms with Gasteiger partial charge in [0.15, 0.2) is 0 Å². The van der Waals surface area contributed by atoms with Crippen LogP contribution in [0.1, 0.15) is 22.8 Å². The zero-order valence-corrected chi connectivity index (χ0v) is 10.9. The molecule has 0 saturated heterocycles. The summed E-state index contributed by atoms with van der Waals surface area (Å²) in [6.45, 7) is 2.05. The number of benzene rings is 3. The monoisotopic (exact) mass is 248 g/mol. The van der Waals surface area contributed by atoms with Gasteiger partial charge in [0.1, 0.15) is 6.10 Å². The Morgan fingerprint density at radius 2 is 1.47 bits per heavy atom. The highest BCUT2D eigenvalue weighted by Crippen LogP contribution is 2.28. The molecular formula is C18H16O. The summed E-state index contributed by atoms with van der Waals surface area (Å²) in [4.78, 5) is 0. The largest absolute Gasteiger partial charge is 0.384 e. The minimum atomic E-state index is -0.577. The summed E-state index contributed by atoms with van der Waals surface area (Å²) in [5, 5.41) is 12.8. The molecule has 19 heavy (non-hydrogen) atoms. The van der Waals surface area contributed by atoms with Gasteiger partial charge in [-0.15, -0.1) is 0 Å². The maximum Gasteiger partial charge on any atom is 0.105 e. The first-order valence-corrected chi connectivity index (χ1v) is 6.48. The first-order valence-electron chi connectivity index (χ1n) is 6.48. The number of aliphatic hydroxyl groups is 1. The van der Waals surface area contributed by atoms with E-state index in [4.69, 9.17) is 0 Å². The number of aryl methyl sites for hydroxylation is 1. The van der Waals surface area contributed by atoms with Gasteiger partial charge in [0, 0.05) is 0 Å². The van der Waals surface area contributed by atoms with Crippen LogP contribution in [0.5, 0.6) is 0 Å². The Hall–Kier alpha value is -2.12. The van der Waals surface area contributed by atoms with Crippen LogP contribution in [0.25, 0.3) is 10.8 Å². The third-order valence-corrected chi connectivity index (χ3v) is 3.51. The Balaban J connectivity index is 2.11. The van der Waals surface area contributed by atoms with Crippen LogP contribution in [-0.2, 0) is 0 Å². The average molecular weight is 248 g/mol. The number of hydrogen-bond acceptors (Lipinski definition) is 1. The van der Waals surface area contributed by atoms with Crippen LogP contribution in [0.15, 0.2) is 66.7 Å². The summed E-state index contributed by atoms with van der Waals surface area (Å²) in [5.41, 5.74) is 3.10. The van der Waals surface area contributed by atoms with Crippen LogP contribution in [0, 0.1) is 6.92 Å². The van der Waals surface area contributed by atoms with Crippen molar-refractivity contribution in [3.05, 3.63) is 83.4 Å². The van der Waals surface area contributed by atoms with E-state index < -0.39 is 6.10 Å². The molecule has 0 aliphatic heterocycles. The van der Waals surface area contributed by atoms with Gasteiger partial charge in [-0.2, -0.15) is 0 Å². The topological polar surface area (TPSA) is 20.2 Å². The lowest BCUT2D eigenvalue weighted by molar-refractivity contribution is 0.222. The quantitative estimate of drug-likeness (QED) is 0.719. The van der Waals surface area contributed by atoms with E-state index in [1.165, 1.54) is 5.56 Å². The number of aliphatic hydroxyl groups excluding tert-OH is 1.